The Morgan fingerprint density at radius 1 is 1.21 bits per heavy atom. The minimum atomic E-state index is -0.953. The van der Waals surface area contributed by atoms with E-state index in [0.717, 1.165) is 28.6 Å². The molecule has 0 aliphatic carbocycles. The molecule has 6 nitrogen and oxygen atoms in total. The molecule has 0 saturated carbocycles. The summed E-state index contributed by atoms with van der Waals surface area (Å²) in [6.07, 6.45) is 3.92. The Balaban J connectivity index is 1.71. The Hall–Kier alpha value is -3.15. The number of carboxylic acid groups (broad SMARTS) is 1. The van der Waals surface area contributed by atoms with E-state index in [0.29, 0.717) is 18.7 Å². The molecule has 0 saturated heterocycles. The first-order valence-electron chi connectivity index (χ1n) is 7.69. The molecule has 0 bridgehead atoms. The Labute approximate surface area is 137 Å². The maximum Gasteiger partial charge on any atom is 0.335 e. The molecule has 24 heavy (non-hydrogen) atoms. The first kappa shape index (κ1) is 14.4. The Morgan fingerprint density at radius 3 is 2.83 bits per heavy atom. The SMILES string of the molecule is O=C(O)c1ccc2[nH]c3c(c2c1)CN(C(=O)c1cccnc1)CC3. The standard InChI is InChI=1S/C18H15N3O3/c22-17(12-2-1-6-19-9-12)21-7-5-16-14(10-21)13-8-11(18(23)24)3-4-15(13)20-16/h1-4,6,8-9,20H,5,7,10H2,(H,23,24). The van der Waals surface area contributed by atoms with Crippen molar-refractivity contribution in [1.29, 1.82) is 0 Å². The van der Waals surface area contributed by atoms with Crippen molar-refractivity contribution >= 4 is 22.8 Å². The number of benzene rings is 1. The molecular weight excluding hydrogens is 306 g/mol. The number of hydrogen-bond acceptors (Lipinski definition) is 3. The highest BCUT2D eigenvalue weighted by Gasteiger charge is 2.25. The molecule has 6 heteroatoms. The molecule has 1 aromatic carbocycles. The second-order valence-corrected chi connectivity index (χ2v) is 5.87. The normalized spacial score (nSPS) is 13.8. The van der Waals surface area contributed by atoms with E-state index in [-0.39, 0.29) is 11.5 Å². The van der Waals surface area contributed by atoms with Crippen molar-refractivity contribution in [1.82, 2.24) is 14.9 Å². The fourth-order valence-electron chi connectivity index (χ4n) is 3.19. The average Bonchev–Trinajstić information content (AvgIpc) is 2.98. The van der Waals surface area contributed by atoms with Gasteiger partial charge in [0, 0.05) is 54.1 Å². The van der Waals surface area contributed by atoms with Crippen molar-refractivity contribution in [2.24, 2.45) is 0 Å². The van der Waals surface area contributed by atoms with E-state index in [1.54, 1.807) is 47.6 Å². The molecule has 0 radical (unpaired) electrons. The number of aromatic carboxylic acids is 1. The first-order valence-corrected chi connectivity index (χ1v) is 7.69. The number of aromatic nitrogens is 2. The quantitative estimate of drug-likeness (QED) is 0.759. The molecule has 4 rings (SSSR count). The molecule has 3 aromatic rings. The lowest BCUT2D eigenvalue weighted by atomic mass is 10.0. The Kier molecular flexibility index (Phi) is 3.30. The summed E-state index contributed by atoms with van der Waals surface area (Å²) in [5, 5.41) is 10.1. The molecule has 0 atom stereocenters. The summed E-state index contributed by atoms with van der Waals surface area (Å²) in [6.45, 7) is 1.09. The summed E-state index contributed by atoms with van der Waals surface area (Å²) in [5.74, 6) is -1.01. The van der Waals surface area contributed by atoms with Gasteiger partial charge in [-0.2, -0.15) is 0 Å². The van der Waals surface area contributed by atoms with Crippen LogP contribution in [0.25, 0.3) is 10.9 Å². The molecule has 2 aromatic heterocycles. The van der Waals surface area contributed by atoms with Gasteiger partial charge in [0.25, 0.3) is 5.91 Å². The van der Waals surface area contributed by atoms with Crippen molar-refractivity contribution in [3.63, 3.8) is 0 Å². The molecule has 120 valence electrons. The number of nitrogens with zero attached hydrogens (tertiary/aromatic N) is 2. The third kappa shape index (κ3) is 2.32. The van der Waals surface area contributed by atoms with E-state index in [2.05, 4.69) is 9.97 Å². The van der Waals surface area contributed by atoms with E-state index in [1.807, 2.05) is 0 Å². The second kappa shape index (κ2) is 5.49. The zero-order valence-electron chi connectivity index (χ0n) is 12.8. The lowest BCUT2D eigenvalue weighted by Gasteiger charge is -2.27. The number of amides is 1. The van der Waals surface area contributed by atoms with E-state index in [1.165, 1.54) is 0 Å². The maximum absolute atomic E-state index is 12.6. The Morgan fingerprint density at radius 2 is 2.08 bits per heavy atom. The van der Waals surface area contributed by atoms with Gasteiger partial charge in [0.15, 0.2) is 0 Å². The number of carbonyl (C=O) groups is 2. The largest absolute Gasteiger partial charge is 0.478 e. The zero-order chi connectivity index (χ0) is 16.7. The number of H-pyrrole nitrogens is 1. The number of hydrogen-bond donors (Lipinski definition) is 2. The monoisotopic (exact) mass is 321 g/mol. The van der Waals surface area contributed by atoms with Gasteiger partial charge in [-0.1, -0.05) is 0 Å². The number of carbonyl (C=O) groups excluding carboxylic acids is 1. The van der Waals surface area contributed by atoms with Gasteiger partial charge < -0.3 is 15.0 Å². The smallest absolute Gasteiger partial charge is 0.335 e. The predicted molar refractivity (Wildman–Crippen MR) is 87.9 cm³/mol. The molecule has 1 aliphatic rings. The van der Waals surface area contributed by atoms with Gasteiger partial charge in [-0.25, -0.2) is 4.79 Å². The molecular formula is C18H15N3O3. The summed E-state index contributed by atoms with van der Waals surface area (Å²) in [5.41, 5.74) is 3.78. The maximum atomic E-state index is 12.6. The second-order valence-electron chi connectivity index (χ2n) is 5.87. The topological polar surface area (TPSA) is 86.3 Å². The molecule has 0 spiro atoms. The number of nitrogens with one attached hydrogen (secondary N) is 1. The van der Waals surface area contributed by atoms with Crippen molar-refractivity contribution in [3.8, 4) is 0 Å². The van der Waals surface area contributed by atoms with Gasteiger partial charge in [0.1, 0.15) is 0 Å². The zero-order valence-corrected chi connectivity index (χ0v) is 12.8. The van der Waals surface area contributed by atoms with Gasteiger partial charge in [0.05, 0.1) is 11.1 Å². The highest BCUT2D eigenvalue weighted by Crippen LogP contribution is 2.29. The summed E-state index contributed by atoms with van der Waals surface area (Å²) in [7, 11) is 0. The van der Waals surface area contributed by atoms with Gasteiger partial charge in [-0.3, -0.25) is 9.78 Å². The lowest BCUT2D eigenvalue weighted by Crippen LogP contribution is -2.35. The number of carboxylic acids is 1. The average molecular weight is 321 g/mol. The summed E-state index contributed by atoms with van der Waals surface area (Å²) in [4.78, 5) is 32.9. The highest BCUT2D eigenvalue weighted by atomic mass is 16.4. The summed E-state index contributed by atoms with van der Waals surface area (Å²) < 4.78 is 0. The van der Waals surface area contributed by atoms with Crippen LogP contribution < -0.4 is 0 Å². The van der Waals surface area contributed by atoms with Crippen LogP contribution in [0.15, 0.2) is 42.7 Å². The van der Waals surface area contributed by atoms with Crippen LogP contribution in [0.3, 0.4) is 0 Å². The third-order valence-corrected chi connectivity index (χ3v) is 4.42. The summed E-state index contributed by atoms with van der Waals surface area (Å²) >= 11 is 0. The van der Waals surface area contributed by atoms with Crippen LogP contribution in [0.4, 0.5) is 0 Å². The van der Waals surface area contributed by atoms with Crippen LogP contribution in [-0.4, -0.2) is 38.4 Å². The van der Waals surface area contributed by atoms with E-state index in [4.69, 9.17) is 0 Å². The van der Waals surface area contributed by atoms with Crippen molar-refractivity contribution < 1.29 is 14.7 Å². The number of rotatable bonds is 2. The van der Waals surface area contributed by atoms with Crippen LogP contribution in [0.1, 0.15) is 32.0 Å². The van der Waals surface area contributed by atoms with Crippen LogP contribution in [0, 0.1) is 0 Å². The number of pyridine rings is 1. The van der Waals surface area contributed by atoms with Crippen molar-refractivity contribution in [3.05, 3.63) is 65.1 Å². The molecule has 3 heterocycles. The number of aromatic amines is 1. The van der Waals surface area contributed by atoms with Crippen LogP contribution >= 0.6 is 0 Å². The molecule has 0 fully saturated rings. The van der Waals surface area contributed by atoms with Gasteiger partial charge in [0.2, 0.25) is 0 Å². The van der Waals surface area contributed by atoms with Gasteiger partial charge in [-0.05, 0) is 30.3 Å². The minimum absolute atomic E-state index is 0.0579. The molecule has 1 amide bonds. The molecule has 2 N–H and O–H groups in total. The van der Waals surface area contributed by atoms with E-state index < -0.39 is 5.97 Å². The Bertz CT molecular complexity index is 947. The fourth-order valence-corrected chi connectivity index (χ4v) is 3.19. The van der Waals surface area contributed by atoms with Crippen molar-refractivity contribution in [2.75, 3.05) is 6.54 Å². The number of fused-ring (bicyclic) bond motifs is 3. The molecule has 1 aliphatic heterocycles. The van der Waals surface area contributed by atoms with Gasteiger partial charge >= 0.3 is 5.97 Å². The first-order chi connectivity index (χ1) is 11.6. The summed E-state index contributed by atoms with van der Waals surface area (Å²) in [6, 6.07) is 8.54. The van der Waals surface area contributed by atoms with Gasteiger partial charge in [-0.15, -0.1) is 0 Å². The highest BCUT2D eigenvalue weighted by molar-refractivity contribution is 5.97. The third-order valence-electron chi connectivity index (χ3n) is 4.42. The fraction of sp³-hybridized carbons (Fsp3) is 0.167. The minimum Gasteiger partial charge on any atom is -0.478 e. The van der Waals surface area contributed by atoms with Crippen LogP contribution in [0.2, 0.25) is 0 Å². The molecule has 0 unspecified atom stereocenters. The van der Waals surface area contributed by atoms with E-state index >= 15 is 0 Å². The lowest BCUT2D eigenvalue weighted by molar-refractivity contribution is 0.0694. The van der Waals surface area contributed by atoms with E-state index in [9.17, 15) is 14.7 Å². The van der Waals surface area contributed by atoms with Crippen LogP contribution in [0.5, 0.6) is 0 Å². The predicted octanol–water partition coefficient (Wildman–Crippen LogP) is 2.46. The van der Waals surface area contributed by atoms with Crippen LogP contribution in [-0.2, 0) is 13.0 Å². The van der Waals surface area contributed by atoms with Crippen molar-refractivity contribution in [2.45, 2.75) is 13.0 Å².